The van der Waals surface area contributed by atoms with Crippen LogP contribution in [0.3, 0.4) is 0 Å². The maximum atomic E-state index is 13.6. The fourth-order valence-corrected chi connectivity index (χ4v) is 9.01. The largest absolute Gasteiger partial charge is 0.746 e. The van der Waals surface area contributed by atoms with Gasteiger partial charge in [-0.05, 0) is 86.0 Å². The number of non-ortho nitro benzene ring substituents is 1. The van der Waals surface area contributed by atoms with Gasteiger partial charge in [-0.3, -0.25) is 24.0 Å². The zero-order chi connectivity index (χ0) is 49.0. The summed E-state index contributed by atoms with van der Waals surface area (Å²) in [5.74, 6) is 0.804. The van der Waals surface area contributed by atoms with E-state index in [2.05, 4.69) is 41.0 Å². The quantitative estimate of drug-likeness (QED) is 0.0356. The highest BCUT2D eigenvalue weighted by Gasteiger charge is 2.44. The second kappa shape index (κ2) is 22.8. The number of nitro groups is 1. The number of fused-ring (bicyclic) bond motifs is 1. The highest BCUT2D eigenvalue weighted by atomic mass is 31.2. The topological polar surface area (TPSA) is 216 Å². The number of nitro benzene ring substituents is 1. The van der Waals surface area contributed by atoms with Gasteiger partial charge in [0.05, 0.1) is 57.8 Å². The molecule has 0 radical (unpaired) electrons. The van der Waals surface area contributed by atoms with Crippen LogP contribution in [-0.4, -0.2) is 83.0 Å². The molecule has 1 saturated heterocycles. The number of carbonyl (C=O) groups excluding carboxylic acids is 1. The molecule has 19 heteroatoms. The van der Waals surface area contributed by atoms with Gasteiger partial charge < -0.3 is 43.1 Å². The van der Waals surface area contributed by atoms with Gasteiger partial charge in [0.25, 0.3) is 11.6 Å². The molecule has 0 bridgehead atoms. The van der Waals surface area contributed by atoms with Crippen molar-refractivity contribution in [1.29, 1.82) is 0 Å². The van der Waals surface area contributed by atoms with Crippen molar-refractivity contribution in [2.75, 3.05) is 45.8 Å². The Bertz CT molecular complexity index is 2760. The molecular weight excluding hydrogens is 906 g/mol. The molecule has 0 spiro atoms. The number of ether oxygens (including phenoxy) is 4. The van der Waals surface area contributed by atoms with Gasteiger partial charge in [0.15, 0.2) is 17.0 Å². The Morgan fingerprint density at radius 2 is 1.35 bits per heavy atom. The van der Waals surface area contributed by atoms with Gasteiger partial charge in [0.2, 0.25) is 0 Å². The van der Waals surface area contributed by atoms with Crippen LogP contribution in [0.15, 0.2) is 146 Å². The predicted octanol–water partition coefficient (Wildman–Crippen LogP) is 7.16. The number of nitrogens with one attached hydrogen (secondary N) is 2. The van der Waals surface area contributed by atoms with Gasteiger partial charge in [0.1, 0.15) is 41.5 Å². The zero-order valence-electron chi connectivity index (χ0n) is 38.8. The van der Waals surface area contributed by atoms with E-state index >= 15 is 0 Å². The molecule has 4 atom stereocenters. The van der Waals surface area contributed by atoms with Crippen LogP contribution in [0.2, 0.25) is 0 Å². The molecule has 1 unspecified atom stereocenters. The summed E-state index contributed by atoms with van der Waals surface area (Å²) in [6.07, 6.45) is -0.535. The number of benzene rings is 5. The minimum absolute atomic E-state index is 0.0611. The summed E-state index contributed by atoms with van der Waals surface area (Å²) in [4.78, 5) is 52.2. The van der Waals surface area contributed by atoms with E-state index in [0.29, 0.717) is 17.1 Å². The number of rotatable bonds is 19. The normalized spacial score (nSPS) is 16.5. The number of hydrogen-bond acceptors (Lipinski definition) is 14. The van der Waals surface area contributed by atoms with Crippen molar-refractivity contribution in [3.63, 3.8) is 0 Å². The fraction of sp³-hybridized carbons (Fsp3) is 0.280. The first kappa shape index (κ1) is 49.8. The van der Waals surface area contributed by atoms with Crippen LogP contribution in [-0.2, 0) is 24.2 Å². The summed E-state index contributed by atoms with van der Waals surface area (Å²) in [7, 11) is -2.03. The van der Waals surface area contributed by atoms with Gasteiger partial charge in [-0.15, -0.1) is 0 Å². The molecule has 1 amide bonds. The Hall–Kier alpha value is -7.05. The first-order valence-corrected chi connectivity index (χ1v) is 23.8. The van der Waals surface area contributed by atoms with Crippen LogP contribution in [0.5, 0.6) is 17.2 Å². The number of aromatic nitrogens is 4. The molecule has 0 saturated carbocycles. The number of methoxy groups -OCH3 is 2. The Morgan fingerprint density at radius 3 is 1.88 bits per heavy atom. The van der Waals surface area contributed by atoms with E-state index in [-0.39, 0.29) is 41.4 Å². The predicted molar refractivity (Wildman–Crippen MR) is 255 cm³/mol. The smallest absolute Gasteiger partial charge is 0.320 e. The number of phosphoric acid groups is 1. The number of phosphoric ester groups is 1. The van der Waals surface area contributed by atoms with Crippen LogP contribution in [0.1, 0.15) is 60.5 Å². The number of imidazole rings is 1. The third-order valence-corrected chi connectivity index (χ3v) is 12.7. The second-order valence-electron chi connectivity index (χ2n) is 15.8. The van der Waals surface area contributed by atoms with Crippen LogP contribution in [0, 0.1) is 10.1 Å². The van der Waals surface area contributed by atoms with Gasteiger partial charge in [-0.1, -0.05) is 72.8 Å². The third kappa shape index (κ3) is 11.8. The van der Waals surface area contributed by atoms with Crippen molar-refractivity contribution in [1.82, 2.24) is 19.5 Å². The molecular formula is C50H54N7O11P. The first-order chi connectivity index (χ1) is 33.4. The molecule has 8 rings (SSSR count). The standard InChI is InChI=1S/C44H39N6O11P.C6H15N/c1-56-34-19-13-31(14-20-34)44(30-11-7-4-8-12-30,32-15-21-35(57-2)22-16-32)58-26-38-37(61-62(54,55)60-36-23-17-33(18-24-36)50(52)53)25-39(59-38)49-28-47-40-41(45-27-46-42(40)49)48-43(51)29-9-5-3-6-10-29;1-4-7(5-2)6-3/h3-24,27-28,37-39H,25-26H2,1-2H3,(H,54,55)(H,45,46,48,51);4-6H2,1-3H3/t37-,38+,39+;/m0./s1. The lowest BCUT2D eigenvalue weighted by Crippen LogP contribution is -3.11. The Kier molecular flexibility index (Phi) is 16.5. The Morgan fingerprint density at radius 1 is 0.797 bits per heavy atom. The molecule has 1 fully saturated rings. The Labute approximate surface area is 399 Å². The number of amides is 1. The number of quaternary nitrogens is 1. The first-order valence-electron chi connectivity index (χ1n) is 22.4. The summed E-state index contributed by atoms with van der Waals surface area (Å²) in [6, 6.07) is 37.5. The average molecular weight is 960 g/mol. The van der Waals surface area contributed by atoms with Gasteiger partial charge in [0, 0.05) is 24.1 Å². The van der Waals surface area contributed by atoms with Crippen molar-refractivity contribution in [2.45, 2.75) is 51.2 Å². The van der Waals surface area contributed by atoms with Crippen molar-refractivity contribution >= 4 is 36.4 Å². The zero-order valence-corrected chi connectivity index (χ0v) is 39.7. The fourth-order valence-electron chi connectivity index (χ4n) is 8.03. The lowest BCUT2D eigenvalue weighted by molar-refractivity contribution is -0.894. The minimum Gasteiger partial charge on any atom is -0.746 e. The van der Waals surface area contributed by atoms with E-state index in [1.165, 1.54) is 32.3 Å². The minimum atomic E-state index is -5.18. The molecule has 2 aromatic heterocycles. The van der Waals surface area contributed by atoms with E-state index in [0.717, 1.165) is 41.0 Å². The van der Waals surface area contributed by atoms with E-state index in [1.54, 1.807) is 54.0 Å². The second-order valence-corrected chi connectivity index (χ2v) is 17.1. The maximum Gasteiger partial charge on any atom is 0.320 e. The van der Waals surface area contributed by atoms with Crippen LogP contribution >= 0.6 is 7.82 Å². The van der Waals surface area contributed by atoms with Crippen LogP contribution < -0.4 is 29.1 Å². The molecule has 18 nitrogen and oxygen atoms in total. The number of hydrogen-bond donors (Lipinski definition) is 2. The SMILES string of the molecule is CC[NH+](CC)CC.COc1ccc(C(OC[C@H]2O[C@@H](n3cnc4c(NC(=O)c5ccccc5)ncnc43)C[C@@H]2OP(=O)([O-])Oc2ccc([N+](=O)[O-])cc2)(c2ccccc2)c2ccc(OC)cc2)cc1. The lowest BCUT2D eigenvalue weighted by Gasteiger charge is -2.37. The molecule has 5 aromatic carbocycles. The summed E-state index contributed by atoms with van der Waals surface area (Å²) in [6.45, 7) is 10.3. The van der Waals surface area contributed by atoms with Crippen molar-refractivity contribution in [3.8, 4) is 17.2 Å². The number of anilines is 1. The van der Waals surface area contributed by atoms with Crippen LogP contribution in [0.4, 0.5) is 11.5 Å². The molecule has 360 valence electrons. The van der Waals surface area contributed by atoms with E-state index in [4.69, 9.17) is 28.0 Å². The Balaban J connectivity index is 0.000000933. The molecule has 1 aliphatic rings. The van der Waals surface area contributed by atoms with Crippen LogP contribution in [0.25, 0.3) is 11.2 Å². The van der Waals surface area contributed by atoms with E-state index in [9.17, 15) is 24.4 Å². The number of nitrogens with zero attached hydrogens (tertiary/aromatic N) is 5. The molecule has 3 heterocycles. The van der Waals surface area contributed by atoms with Gasteiger partial charge in [-0.25, -0.2) is 15.0 Å². The van der Waals surface area contributed by atoms with E-state index in [1.807, 2.05) is 78.9 Å². The molecule has 69 heavy (non-hydrogen) atoms. The van der Waals surface area contributed by atoms with Gasteiger partial charge in [-0.2, -0.15) is 0 Å². The third-order valence-electron chi connectivity index (χ3n) is 11.8. The molecule has 1 aliphatic heterocycles. The highest BCUT2D eigenvalue weighted by Crippen LogP contribution is 2.48. The molecule has 7 aromatic rings. The van der Waals surface area contributed by atoms with Crippen molar-refractivity contribution in [3.05, 3.63) is 178 Å². The molecule has 0 aliphatic carbocycles. The maximum absolute atomic E-state index is 13.6. The average Bonchev–Trinajstić information content (AvgIpc) is 4.00. The number of carbonyl (C=O) groups is 1. The van der Waals surface area contributed by atoms with Crippen molar-refractivity contribution in [2.24, 2.45) is 0 Å². The summed E-state index contributed by atoms with van der Waals surface area (Å²) < 4.78 is 51.0. The van der Waals surface area contributed by atoms with E-state index < -0.39 is 42.7 Å². The lowest BCUT2D eigenvalue weighted by atomic mass is 9.80. The summed E-state index contributed by atoms with van der Waals surface area (Å²) >= 11 is 0. The summed E-state index contributed by atoms with van der Waals surface area (Å²) in [5.41, 5.74) is 1.60. The molecule has 2 N–H and O–H groups in total. The summed E-state index contributed by atoms with van der Waals surface area (Å²) in [5, 5.41) is 14.0. The van der Waals surface area contributed by atoms with Gasteiger partial charge >= 0.3 is 7.82 Å². The van der Waals surface area contributed by atoms with Crippen molar-refractivity contribution < 1.29 is 52.1 Å². The monoisotopic (exact) mass is 959 g/mol. The highest BCUT2D eigenvalue weighted by molar-refractivity contribution is 7.46.